The van der Waals surface area contributed by atoms with Gasteiger partial charge in [-0.25, -0.2) is 9.20 Å². The maximum Gasteiger partial charge on any atom is 0.380 e. The van der Waals surface area contributed by atoms with Crippen LogP contribution in [0, 0.1) is 0 Å². The normalized spacial score (nSPS) is 11.3. The van der Waals surface area contributed by atoms with E-state index in [2.05, 4.69) is 10.1 Å². The molecule has 2 heterocycles. The first kappa shape index (κ1) is 8.84. The fourth-order valence-corrected chi connectivity index (χ4v) is 1.66. The Bertz CT molecular complexity index is 814. The van der Waals surface area contributed by atoms with Gasteiger partial charge in [0.25, 0.3) is 5.56 Å². The number of aromatic nitrogens is 4. The Kier molecular flexibility index (Phi) is 1.54. The molecular weight excluding hydrogens is 215 g/mol. The van der Waals surface area contributed by atoms with Crippen molar-refractivity contribution in [1.82, 2.24) is 19.4 Å². The second kappa shape index (κ2) is 2.78. The predicted octanol–water partition coefficient (Wildman–Crippen LogP) is 0.0701. The SMILES string of the molecule is O=c1[nH]c2ccccc2n2c(=O)n(F)nc12. The Morgan fingerprint density at radius 2 is 2.00 bits per heavy atom. The number of rotatable bonds is 0. The number of aromatic amines is 1. The largest absolute Gasteiger partial charge is 0.380 e. The van der Waals surface area contributed by atoms with Crippen LogP contribution in [0.25, 0.3) is 16.7 Å². The van der Waals surface area contributed by atoms with Crippen LogP contribution in [0.2, 0.25) is 0 Å². The third-order valence-electron chi connectivity index (χ3n) is 2.34. The summed E-state index contributed by atoms with van der Waals surface area (Å²) >= 11 is 0. The van der Waals surface area contributed by atoms with E-state index < -0.39 is 11.2 Å². The van der Waals surface area contributed by atoms with Crippen molar-refractivity contribution in [3.05, 3.63) is 45.1 Å². The van der Waals surface area contributed by atoms with E-state index in [4.69, 9.17) is 0 Å². The summed E-state index contributed by atoms with van der Waals surface area (Å²) in [6.07, 6.45) is 0. The van der Waals surface area contributed by atoms with Crippen molar-refractivity contribution in [2.75, 3.05) is 0 Å². The van der Waals surface area contributed by atoms with Crippen LogP contribution in [0.3, 0.4) is 0 Å². The molecule has 0 saturated carbocycles. The zero-order chi connectivity index (χ0) is 11.3. The molecule has 0 unspecified atom stereocenters. The molecule has 3 rings (SSSR count). The first-order valence-corrected chi connectivity index (χ1v) is 4.47. The van der Waals surface area contributed by atoms with Crippen LogP contribution in [-0.2, 0) is 0 Å². The summed E-state index contributed by atoms with van der Waals surface area (Å²) in [4.78, 5) is 25.1. The molecule has 0 aliphatic rings. The van der Waals surface area contributed by atoms with Crippen molar-refractivity contribution in [2.45, 2.75) is 0 Å². The predicted molar refractivity (Wildman–Crippen MR) is 54.1 cm³/mol. The van der Waals surface area contributed by atoms with E-state index in [1.807, 2.05) is 0 Å². The molecule has 7 heteroatoms. The van der Waals surface area contributed by atoms with Gasteiger partial charge in [0.15, 0.2) is 0 Å². The van der Waals surface area contributed by atoms with Gasteiger partial charge in [-0.05, 0) is 17.0 Å². The lowest BCUT2D eigenvalue weighted by Crippen LogP contribution is -2.19. The summed E-state index contributed by atoms with van der Waals surface area (Å²) in [7, 11) is 0. The number of nitrogens with zero attached hydrogens (tertiary/aromatic N) is 3. The minimum atomic E-state index is -0.989. The number of benzene rings is 1. The van der Waals surface area contributed by atoms with Gasteiger partial charge in [-0.15, -0.1) is 5.10 Å². The lowest BCUT2D eigenvalue weighted by atomic mass is 10.3. The van der Waals surface area contributed by atoms with Gasteiger partial charge in [-0.1, -0.05) is 16.6 Å². The number of H-pyrrole nitrogens is 1. The fourth-order valence-electron chi connectivity index (χ4n) is 1.66. The van der Waals surface area contributed by atoms with E-state index in [1.165, 1.54) is 0 Å². The van der Waals surface area contributed by atoms with E-state index in [0.29, 0.717) is 11.0 Å². The molecule has 0 fully saturated rings. The second-order valence-electron chi connectivity index (χ2n) is 3.27. The van der Waals surface area contributed by atoms with Crippen molar-refractivity contribution in [2.24, 2.45) is 0 Å². The highest BCUT2D eigenvalue weighted by Gasteiger charge is 2.12. The first-order valence-electron chi connectivity index (χ1n) is 4.47. The van der Waals surface area contributed by atoms with Crippen LogP contribution in [0.4, 0.5) is 4.48 Å². The third kappa shape index (κ3) is 0.964. The van der Waals surface area contributed by atoms with Gasteiger partial charge >= 0.3 is 5.69 Å². The topological polar surface area (TPSA) is 72.2 Å². The average molecular weight is 220 g/mol. The van der Waals surface area contributed by atoms with Crippen molar-refractivity contribution in [1.29, 1.82) is 0 Å². The number of hydrogen-bond acceptors (Lipinski definition) is 3. The molecule has 3 aromatic rings. The summed E-state index contributed by atoms with van der Waals surface area (Å²) in [5.74, 6) is 0. The lowest BCUT2D eigenvalue weighted by molar-refractivity contribution is 0.303. The minimum absolute atomic E-state index is 0.258. The molecule has 6 nitrogen and oxygen atoms in total. The molecule has 1 aromatic carbocycles. The molecule has 0 atom stereocenters. The third-order valence-corrected chi connectivity index (χ3v) is 2.34. The molecule has 16 heavy (non-hydrogen) atoms. The molecule has 0 amide bonds. The molecule has 0 aliphatic heterocycles. The van der Waals surface area contributed by atoms with Gasteiger partial charge in [0, 0.05) is 0 Å². The van der Waals surface area contributed by atoms with E-state index >= 15 is 0 Å². The van der Waals surface area contributed by atoms with Gasteiger partial charge < -0.3 is 4.98 Å². The molecule has 0 saturated heterocycles. The summed E-state index contributed by atoms with van der Waals surface area (Å²) in [5.41, 5.74) is -0.989. The molecule has 0 aliphatic carbocycles. The fraction of sp³-hybridized carbons (Fsp3) is 0. The monoisotopic (exact) mass is 220 g/mol. The molecule has 80 valence electrons. The molecule has 0 bridgehead atoms. The second-order valence-corrected chi connectivity index (χ2v) is 3.27. The van der Waals surface area contributed by atoms with Crippen molar-refractivity contribution in [3.63, 3.8) is 0 Å². The van der Waals surface area contributed by atoms with Gasteiger partial charge in [-0.2, -0.15) is 0 Å². The lowest BCUT2D eigenvalue weighted by Gasteiger charge is -1.98. The molecule has 2 aromatic heterocycles. The number of hydrogen-bond donors (Lipinski definition) is 1. The van der Waals surface area contributed by atoms with Gasteiger partial charge in [0.2, 0.25) is 5.65 Å². The van der Waals surface area contributed by atoms with E-state index in [9.17, 15) is 14.1 Å². The van der Waals surface area contributed by atoms with Crippen LogP contribution in [0.1, 0.15) is 0 Å². The van der Waals surface area contributed by atoms with Crippen molar-refractivity contribution in [3.8, 4) is 0 Å². The van der Waals surface area contributed by atoms with Gasteiger partial charge in [0.1, 0.15) is 0 Å². The first-order chi connectivity index (χ1) is 7.68. The standard InChI is InChI=1S/C9H5FN4O2/c10-14-9(16)13-6-4-2-1-3-5(6)11-8(15)7(13)12-14/h1-4H,(H,11,15). The van der Waals surface area contributed by atoms with Crippen LogP contribution >= 0.6 is 0 Å². The maximum absolute atomic E-state index is 13.0. The Morgan fingerprint density at radius 3 is 2.81 bits per heavy atom. The number of para-hydroxylation sites is 2. The average Bonchev–Trinajstić information content (AvgIpc) is 2.57. The summed E-state index contributed by atoms with van der Waals surface area (Å²) in [6, 6.07) is 6.61. The minimum Gasteiger partial charge on any atom is -0.317 e. The van der Waals surface area contributed by atoms with E-state index in [0.717, 1.165) is 4.40 Å². The number of fused-ring (bicyclic) bond motifs is 3. The zero-order valence-corrected chi connectivity index (χ0v) is 7.85. The summed E-state index contributed by atoms with van der Waals surface area (Å²) in [6.45, 7) is 0. The molecular formula is C9H5FN4O2. The maximum atomic E-state index is 13.0. The zero-order valence-electron chi connectivity index (χ0n) is 7.85. The summed E-state index contributed by atoms with van der Waals surface area (Å²) < 4.78 is 13.9. The smallest absolute Gasteiger partial charge is 0.317 e. The highest BCUT2D eigenvalue weighted by atomic mass is 19.2. The van der Waals surface area contributed by atoms with Crippen LogP contribution in [-0.4, -0.2) is 19.4 Å². The molecule has 0 spiro atoms. The van der Waals surface area contributed by atoms with Crippen LogP contribution in [0.5, 0.6) is 0 Å². The number of nitrogens with one attached hydrogen (secondary N) is 1. The van der Waals surface area contributed by atoms with Crippen LogP contribution in [0.15, 0.2) is 33.9 Å². The Hall–Kier alpha value is -2.44. The van der Waals surface area contributed by atoms with Crippen LogP contribution < -0.4 is 11.2 Å². The highest BCUT2D eigenvalue weighted by molar-refractivity contribution is 5.76. The summed E-state index contributed by atoms with van der Waals surface area (Å²) in [5, 5.41) is 3.22. The van der Waals surface area contributed by atoms with E-state index in [-0.39, 0.29) is 10.6 Å². The van der Waals surface area contributed by atoms with Crippen molar-refractivity contribution < 1.29 is 4.48 Å². The van der Waals surface area contributed by atoms with Gasteiger partial charge in [0.05, 0.1) is 11.0 Å². The molecule has 1 N–H and O–H groups in total. The Balaban J connectivity index is 2.79. The quantitative estimate of drug-likeness (QED) is 0.582. The number of halogens is 1. The van der Waals surface area contributed by atoms with Gasteiger partial charge in [-0.3, -0.25) is 4.79 Å². The molecule has 0 radical (unpaired) electrons. The Labute approximate surface area is 86.5 Å². The Morgan fingerprint density at radius 1 is 1.25 bits per heavy atom. The van der Waals surface area contributed by atoms with E-state index in [1.54, 1.807) is 24.3 Å². The van der Waals surface area contributed by atoms with Crippen molar-refractivity contribution >= 4 is 16.7 Å². The highest BCUT2D eigenvalue weighted by Crippen LogP contribution is 2.08.